The van der Waals surface area contributed by atoms with Crippen LogP contribution in [-0.2, 0) is 25.7 Å². The third kappa shape index (κ3) is 5.27. The molecule has 0 radical (unpaired) electrons. The molecule has 0 saturated carbocycles. The molecule has 1 heterocycles. The van der Waals surface area contributed by atoms with E-state index in [1.165, 1.54) is 28.0 Å². The molecule has 0 atom stereocenters. The molecule has 0 unspecified atom stereocenters. The van der Waals surface area contributed by atoms with E-state index in [4.69, 9.17) is 5.73 Å². The Kier molecular flexibility index (Phi) is 7.48. The minimum atomic E-state index is -0.0797. The molecule has 3 nitrogen and oxygen atoms in total. The Hall–Kier alpha value is -2.59. The second-order valence-corrected chi connectivity index (χ2v) is 8.22. The van der Waals surface area contributed by atoms with Crippen LogP contribution >= 0.6 is 11.3 Å². The predicted octanol–water partition coefficient (Wildman–Crippen LogP) is 6.27. The fourth-order valence-electron chi connectivity index (χ4n) is 3.72. The summed E-state index contributed by atoms with van der Waals surface area (Å²) in [5, 5.41) is 3.68. The first-order valence-corrected chi connectivity index (χ1v) is 11.4. The zero-order chi connectivity index (χ0) is 20.6. The minimum Gasteiger partial charge on any atom is -0.390 e. The molecule has 1 aliphatic rings. The Morgan fingerprint density at radius 2 is 1.55 bits per heavy atom. The van der Waals surface area contributed by atoms with Gasteiger partial charge in [0.2, 0.25) is 0 Å². The van der Waals surface area contributed by atoms with Gasteiger partial charge >= 0.3 is 0 Å². The Labute approximate surface area is 178 Å². The molecule has 29 heavy (non-hydrogen) atoms. The first-order chi connectivity index (χ1) is 14.2. The van der Waals surface area contributed by atoms with Gasteiger partial charge in [-0.15, -0.1) is 11.3 Å². The lowest BCUT2D eigenvalue weighted by atomic mass is 9.95. The molecule has 1 amide bonds. The molecular formula is C25H30N2OS. The SMILES string of the molecule is CC.Nc1sc2c(c1C(=O)Nc1ccc(CCc3ccccc3)cc1)CCCC2. The van der Waals surface area contributed by atoms with Crippen molar-refractivity contribution in [3.8, 4) is 0 Å². The van der Waals surface area contributed by atoms with Crippen LogP contribution in [0.1, 0.15) is 58.6 Å². The van der Waals surface area contributed by atoms with Crippen LogP contribution in [0.15, 0.2) is 54.6 Å². The van der Waals surface area contributed by atoms with Gasteiger partial charge in [0.15, 0.2) is 0 Å². The number of carbonyl (C=O) groups is 1. The van der Waals surface area contributed by atoms with E-state index in [2.05, 4.69) is 41.7 Å². The lowest BCUT2D eigenvalue weighted by Crippen LogP contribution is -2.16. The van der Waals surface area contributed by atoms with E-state index < -0.39 is 0 Å². The van der Waals surface area contributed by atoms with Crippen molar-refractivity contribution >= 4 is 27.9 Å². The summed E-state index contributed by atoms with van der Waals surface area (Å²) in [5.41, 5.74) is 11.4. The third-order valence-electron chi connectivity index (χ3n) is 5.18. The Balaban J connectivity index is 0.00000117. The summed E-state index contributed by atoms with van der Waals surface area (Å²) in [6.07, 6.45) is 6.35. The number of hydrogen-bond acceptors (Lipinski definition) is 3. The Bertz CT molecular complexity index is 929. The van der Waals surface area contributed by atoms with Crippen molar-refractivity contribution < 1.29 is 4.79 Å². The maximum Gasteiger partial charge on any atom is 0.258 e. The fraction of sp³-hybridized carbons (Fsp3) is 0.320. The zero-order valence-electron chi connectivity index (χ0n) is 17.3. The summed E-state index contributed by atoms with van der Waals surface area (Å²) in [4.78, 5) is 14.1. The number of rotatable bonds is 5. The zero-order valence-corrected chi connectivity index (χ0v) is 18.1. The molecule has 0 aliphatic heterocycles. The van der Waals surface area contributed by atoms with Crippen LogP contribution in [0.4, 0.5) is 10.7 Å². The Morgan fingerprint density at radius 3 is 2.24 bits per heavy atom. The van der Waals surface area contributed by atoms with E-state index in [1.54, 1.807) is 11.3 Å². The maximum absolute atomic E-state index is 12.8. The van der Waals surface area contributed by atoms with Crippen LogP contribution in [0.2, 0.25) is 0 Å². The highest BCUT2D eigenvalue weighted by molar-refractivity contribution is 7.16. The number of benzene rings is 2. The smallest absolute Gasteiger partial charge is 0.258 e. The normalized spacial score (nSPS) is 12.5. The van der Waals surface area contributed by atoms with E-state index in [0.29, 0.717) is 10.6 Å². The van der Waals surface area contributed by atoms with Crippen molar-refractivity contribution in [1.82, 2.24) is 0 Å². The molecule has 2 aromatic carbocycles. The molecule has 3 N–H and O–H groups in total. The summed E-state index contributed by atoms with van der Waals surface area (Å²) >= 11 is 1.58. The van der Waals surface area contributed by atoms with Crippen LogP contribution in [0.5, 0.6) is 0 Å². The number of carbonyl (C=O) groups excluding carboxylic acids is 1. The fourth-order valence-corrected chi connectivity index (χ4v) is 4.87. The Morgan fingerprint density at radius 1 is 0.931 bits per heavy atom. The van der Waals surface area contributed by atoms with Gasteiger partial charge in [0.1, 0.15) is 0 Å². The molecule has 0 saturated heterocycles. The third-order valence-corrected chi connectivity index (χ3v) is 6.30. The topological polar surface area (TPSA) is 55.1 Å². The van der Waals surface area contributed by atoms with Crippen molar-refractivity contribution in [2.24, 2.45) is 0 Å². The molecular weight excluding hydrogens is 376 g/mol. The van der Waals surface area contributed by atoms with E-state index >= 15 is 0 Å². The van der Waals surface area contributed by atoms with Crippen molar-refractivity contribution in [3.05, 3.63) is 81.7 Å². The van der Waals surface area contributed by atoms with Gasteiger partial charge in [-0.05, 0) is 67.3 Å². The molecule has 0 spiro atoms. The van der Waals surface area contributed by atoms with Gasteiger partial charge in [-0.2, -0.15) is 0 Å². The number of thiophene rings is 1. The van der Waals surface area contributed by atoms with Gasteiger partial charge in [0, 0.05) is 10.6 Å². The second kappa shape index (κ2) is 10.3. The number of nitrogens with two attached hydrogens (primary N) is 1. The number of aryl methyl sites for hydroxylation is 3. The van der Waals surface area contributed by atoms with Gasteiger partial charge in [0.05, 0.1) is 10.6 Å². The quantitative estimate of drug-likeness (QED) is 0.524. The van der Waals surface area contributed by atoms with Gasteiger partial charge < -0.3 is 11.1 Å². The number of nitrogen functional groups attached to an aromatic ring is 1. The minimum absolute atomic E-state index is 0.0797. The molecule has 1 aliphatic carbocycles. The van der Waals surface area contributed by atoms with Crippen molar-refractivity contribution in [3.63, 3.8) is 0 Å². The van der Waals surface area contributed by atoms with Crippen LogP contribution in [0.25, 0.3) is 0 Å². The molecule has 4 heteroatoms. The van der Waals surface area contributed by atoms with Gasteiger partial charge in [-0.3, -0.25) is 4.79 Å². The predicted molar refractivity (Wildman–Crippen MR) is 125 cm³/mol. The van der Waals surface area contributed by atoms with Gasteiger partial charge in [-0.1, -0.05) is 56.3 Å². The van der Waals surface area contributed by atoms with Gasteiger partial charge in [-0.25, -0.2) is 0 Å². The summed E-state index contributed by atoms with van der Waals surface area (Å²) in [6, 6.07) is 18.6. The number of anilines is 2. The molecule has 152 valence electrons. The van der Waals surface area contributed by atoms with E-state index in [-0.39, 0.29) is 5.91 Å². The highest BCUT2D eigenvalue weighted by Gasteiger charge is 2.24. The van der Waals surface area contributed by atoms with Crippen LogP contribution in [0, 0.1) is 0 Å². The molecule has 4 rings (SSSR count). The molecule has 0 fully saturated rings. The van der Waals surface area contributed by atoms with E-state index in [1.807, 2.05) is 32.0 Å². The molecule has 0 bridgehead atoms. The second-order valence-electron chi connectivity index (χ2n) is 7.09. The van der Waals surface area contributed by atoms with Crippen LogP contribution < -0.4 is 11.1 Å². The summed E-state index contributed by atoms with van der Waals surface area (Å²) in [6.45, 7) is 4.00. The first-order valence-electron chi connectivity index (χ1n) is 10.5. The largest absolute Gasteiger partial charge is 0.390 e. The maximum atomic E-state index is 12.8. The number of nitrogens with one attached hydrogen (secondary N) is 1. The lowest BCUT2D eigenvalue weighted by Gasteiger charge is -2.13. The van der Waals surface area contributed by atoms with E-state index in [9.17, 15) is 4.79 Å². The highest BCUT2D eigenvalue weighted by Crippen LogP contribution is 2.36. The summed E-state index contributed by atoms with van der Waals surface area (Å²) in [7, 11) is 0. The number of fused-ring (bicyclic) bond motifs is 1. The lowest BCUT2D eigenvalue weighted by molar-refractivity contribution is 0.102. The average molecular weight is 407 g/mol. The number of amides is 1. The first kappa shape index (κ1) is 21.1. The van der Waals surface area contributed by atoms with Crippen LogP contribution in [0.3, 0.4) is 0 Å². The molecule has 3 aromatic rings. The highest BCUT2D eigenvalue weighted by atomic mass is 32.1. The summed E-state index contributed by atoms with van der Waals surface area (Å²) in [5.74, 6) is -0.0797. The number of hydrogen-bond donors (Lipinski definition) is 2. The van der Waals surface area contributed by atoms with Crippen LogP contribution in [-0.4, -0.2) is 5.91 Å². The monoisotopic (exact) mass is 406 g/mol. The van der Waals surface area contributed by atoms with Crippen molar-refractivity contribution in [2.45, 2.75) is 52.4 Å². The van der Waals surface area contributed by atoms with Gasteiger partial charge in [0.25, 0.3) is 5.91 Å². The standard InChI is InChI=1S/C23H24N2OS.C2H6/c24-22-21(19-8-4-5-9-20(19)27-22)23(26)25-18-14-12-17(13-15-18)11-10-16-6-2-1-3-7-16;1-2/h1-3,6-7,12-15H,4-5,8-11,24H2,(H,25,26);1-2H3. The van der Waals surface area contributed by atoms with Crippen molar-refractivity contribution in [2.75, 3.05) is 11.1 Å². The van der Waals surface area contributed by atoms with Crippen molar-refractivity contribution in [1.29, 1.82) is 0 Å². The van der Waals surface area contributed by atoms with E-state index in [0.717, 1.165) is 37.8 Å². The molecule has 1 aromatic heterocycles. The average Bonchev–Trinajstić information content (AvgIpc) is 3.11. The summed E-state index contributed by atoms with van der Waals surface area (Å²) < 4.78 is 0.